The van der Waals surface area contributed by atoms with Gasteiger partial charge in [-0.15, -0.1) is 0 Å². The number of aromatic nitrogens is 3. The summed E-state index contributed by atoms with van der Waals surface area (Å²) in [6.45, 7) is 6.12. The molecule has 0 spiro atoms. The van der Waals surface area contributed by atoms with E-state index < -0.39 is 0 Å². The van der Waals surface area contributed by atoms with Crippen LogP contribution in [0.3, 0.4) is 0 Å². The molecule has 1 fully saturated rings. The number of aryl methyl sites for hydroxylation is 2. The fraction of sp³-hybridized carbons (Fsp3) is 0.562. The monoisotopic (exact) mass is 317 g/mol. The molecule has 2 aromatic rings. The van der Waals surface area contributed by atoms with E-state index in [1.807, 2.05) is 27.9 Å². The Kier molecular flexibility index (Phi) is 4.47. The first-order chi connectivity index (χ1) is 11.1. The molecular formula is C16H23N5O2. The molecule has 0 radical (unpaired) electrons. The van der Waals surface area contributed by atoms with Crippen LogP contribution in [0.4, 0.5) is 11.8 Å². The number of anilines is 2. The van der Waals surface area contributed by atoms with Gasteiger partial charge in [0.25, 0.3) is 0 Å². The van der Waals surface area contributed by atoms with Crippen LogP contribution in [0.5, 0.6) is 0 Å². The minimum atomic E-state index is 0.344. The first-order valence-electron chi connectivity index (χ1n) is 7.86. The third-order valence-electron chi connectivity index (χ3n) is 4.27. The smallest absolute Gasteiger partial charge is 0.224 e. The number of hydrogen-bond donors (Lipinski definition) is 1. The summed E-state index contributed by atoms with van der Waals surface area (Å²) in [7, 11) is 3.85. The second-order valence-electron chi connectivity index (χ2n) is 5.94. The Balaban J connectivity index is 1.87. The van der Waals surface area contributed by atoms with Gasteiger partial charge < -0.3 is 19.5 Å². The fourth-order valence-electron chi connectivity index (χ4n) is 2.78. The van der Waals surface area contributed by atoms with Gasteiger partial charge in [-0.25, -0.2) is 4.98 Å². The van der Waals surface area contributed by atoms with Crippen molar-refractivity contribution in [2.24, 2.45) is 0 Å². The lowest BCUT2D eigenvalue weighted by molar-refractivity contribution is 0.193. The molecule has 0 amide bonds. The summed E-state index contributed by atoms with van der Waals surface area (Å²) in [5, 5.41) is 7.06. The van der Waals surface area contributed by atoms with Crippen LogP contribution in [0.1, 0.15) is 35.1 Å². The Morgan fingerprint density at radius 2 is 2.17 bits per heavy atom. The fourth-order valence-corrected chi connectivity index (χ4v) is 2.78. The molecule has 2 aromatic heterocycles. The van der Waals surface area contributed by atoms with E-state index in [0.717, 1.165) is 48.2 Å². The van der Waals surface area contributed by atoms with Crippen molar-refractivity contribution in [2.45, 2.75) is 32.7 Å². The molecule has 1 atom stereocenters. The molecular weight excluding hydrogens is 294 g/mol. The summed E-state index contributed by atoms with van der Waals surface area (Å²) >= 11 is 0. The molecule has 124 valence electrons. The second kappa shape index (κ2) is 6.54. The maximum Gasteiger partial charge on any atom is 0.224 e. The zero-order chi connectivity index (χ0) is 16.4. The van der Waals surface area contributed by atoms with Gasteiger partial charge in [0.1, 0.15) is 11.6 Å². The van der Waals surface area contributed by atoms with Crippen molar-refractivity contribution in [3.63, 3.8) is 0 Å². The van der Waals surface area contributed by atoms with Crippen molar-refractivity contribution in [3.05, 3.63) is 28.8 Å². The molecule has 3 heterocycles. The van der Waals surface area contributed by atoms with Gasteiger partial charge in [-0.2, -0.15) is 4.98 Å². The molecule has 1 aliphatic rings. The molecule has 23 heavy (non-hydrogen) atoms. The molecule has 1 aliphatic heterocycles. The molecule has 1 unspecified atom stereocenters. The van der Waals surface area contributed by atoms with Crippen LogP contribution in [0.25, 0.3) is 0 Å². The predicted octanol–water partition coefficient (Wildman–Crippen LogP) is 2.26. The van der Waals surface area contributed by atoms with E-state index in [-0.39, 0.29) is 0 Å². The number of nitrogens with zero attached hydrogens (tertiary/aromatic N) is 4. The Labute approximate surface area is 136 Å². The Hall–Kier alpha value is -2.15. The van der Waals surface area contributed by atoms with Gasteiger partial charge in [0.2, 0.25) is 5.95 Å². The highest BCUT2D eigenvalue weighted by Gasteiger charge is 2.22. The molecule has 7 heteroatoms. The quantitative estimate of drug-likeness (QED) is 0.906. The van der Waals surface area contributed by atoms with Crippen LogP contribution in [0.15, 0.2) is 10.6 Å². The molecule has 0 saturated carbocycles. The van der Waals surface area contributed by atoms with Gasteiger partial charge in [0, 0.05) is 44.8 Å². The molecule has 3 rings (SSSR count). The van der Waals surface area contributed by atoms with Crippen molar-refractivity contribution in [3.8, 4) is 0 Å². The van der Waals surface area contributed by atoms with Crippen molar-refractivity contribution in [1.82, 2.24) is 15.1 Å². The highest BCUT2D eigenvalue weighted by molar-refractivity contribution is 5.46. The SMILES string of the molecule is CNc1nc(C2CCOC2)cc(N(C)Cc2c(C)noc2C)n1. The summed E-state index contributed by atoms with van der Waals surface area (Å²) in [6.07, 6.45) is 1.01. The number of rotatable bonds is 5. The third-order valence-corrected chi connectivity index (χ3v) is 4.27. The molecule has 1 N–H and O–H groups in total. The normalized spacial score (nSPS) is 17.5. The van der Waals surface area contributed by atoms with E-state index in [9.17, 15) is 0 Å². The summed E-state index contributed by atoms with van der Waals surface area (Å²) in [5.74, 6) is 2.71. The summed E-state index contributed by atoms with van der Waals surface area (Å²) in [5.41, 5.74) is 3.05. The number of hydrogen-bond acceptors (Lipinski definition) is 7. The highest BCUT2D eigenvalue weighted by Crippen LogP contribution is 2.27. The average Bonchev–Trinajstić information content (AvgIpc) is 3.20. The van der Waals surface area contributed by atoms with Crippen LogP contribution in [0.2, 0.25) is 0 Å². The van der Waals surface area contributed by atoms with Gasteiger partial charge in [-0.3, -0.25) is 0 Å². The lowest BCUT2D eigenvalue weighted by Crippen LogP contribution is -2.20. The Morgan fingerprint density at radius 3 is 2.78 bits per heavy atom. The number of ether oxygens (including phenoxy) is 1. The van der Waals surface area contributed by atoms with E-state index in [1.165, 1.54) is 0 Å². The minimum Gasteiger partial charge on any atom is -0.381 e. The summed E-state index contributed by atoms with van der Waals surface area (Å²) in [6, 6.07) is 2.05. The van der Waals surface area contributed by atoms with Crippen molar-refractivity contribution >= 4 is 11.8 Å². The van der Waals surface area contributed by atoms with Crippen molar-refractivity contribution < 1.29 is 9.26 Å². The van der Waals surface area contributed by atoms with Crippen LogP contribution >= 0.6 is 0 Å². The zero-order valence-electron chi connectivity index (χ0n) is 14.1. The molecule has 7 nitrogen and oxygen atoms in total. The third kappa shape index (κ3) is 3.29. The van der Waals surface area contributed by atoms with Gasteiger partial charge in [0.05, 0.1) is 18.0 Å². The van der Waals surface area contributed by atoms with Gasteiger partial charge in [-0.05, 0) is 20.3 Å². The maximum atomic E-state index is 5.49. The lowest BCUT2D eigenvalue weighted by atomic mass is 10.0. The van der Waals surface area contributed by atoms with E-state index in [1.54, 1.807) is 0 Å². The average molecular weight is 317 g/mol. The Morgan fingerprint density at radius 1 is 1.35 bits per heavy atom. The predicted molar refractivity (Wildman–Crippen MR) is 87.8 cm³/mol. The summed E-state index contributed by atoms with van der Waals surface area (Å²) in [4.78, 5) is 11.3. The van der Waals surface area contributed by atoms with Gasteiger partial charge in [-0.1, -0.05) is 5.16 Å². The van der Waals surface area contributed by atoms with Gasteiger partial charge in [0.15, 0.2) is 0 Å². The van der Waals surface area contributed by atoms with E-state index >= 15 is 0 Å². The second-order valence-corrected chi connectivity index (χ2v) is 5.94. The first kappa shape index (κ1) is 15.7. The minimum absolute atomic E-state index is 0.344. The Bertz CT molecular complexity index is 660. The van der Waals surface area contributed by atoms with Crippen molar-refractivity contribution in [1.29, 1.82) is 0 Å². The largest absolute Gasteiger partial charge is 0.381 e. The molecule has 0 aliphatic carbocycles. The molecule has 0 aromatic carbocycles. The summed E-state index contributed by atoms with van der Waals surface area (Å²) < 4.78 is 10.7. The van der Waals surface area contributed by atoms with Gasteiger partial charge >= 0.3 is 0 Å². The van der Waals surface area contributed by atoms with Crippen LogP contribution in [-0.4, -0.2) is 42.4 Å². The van der Waals surface area contributed by atoms with E-state index in [2.05, 4.69) is 31.4 Å². The van der Waals surface area contributed by atoms with Crippen LogP contribution < -0.4 is 10.2 Å². The first-order valence-corrected chi connectivity index (χ1v) is 7.86. The lowest BCUT2D eigenvalue weighted by Gasteiger charge is -2.20. The maximum absolute atomic E-state index is 5.49. The molecule has 1 saturated heterocycles. The van der Waals surface area contributed by atoms with Crippen molar-refractivity contribution in [2.75, 3.05) is 37.5 Å². The standard InChI is InChI=1S/C16H23N5O2/c1-10-13(11(2)23-20-10)8-21(4)15-7-14(12-5-6-22-9-12)18-16(17-3)19-15/h7,12H,5-6,8-9H2,1-4H3,(H,17,18,19). The van der Waals surface area contributed by atoms with Crippen LogP contribution in [-0.2, 0) is 11.3 Å². The van der Waals surface area contributed by atoms with E-state index in [0.29, 0.717) is 18.4 Å². The molecule has 0 bridgehead atoms. The zero-order valence-corrected chi connectivity index (χ0v) is 14.1. The number of nitrogens with one attached hydrogen (secondary N) is 1. The van der Waals surface area contributed by atoms with E-state index in [4.69, 9.17) is 9.26 Å². The highest BCUT2D eigenvalue weighted by atomic mass is 16.5. The topological polar surface area (TPSA) is 76.3 Å². The van der Waals surface area contributed by atoms with Crippen LogP contribution in [0, 0.1) is 13.8 Å².